The molecule has 1 heterocycles. The zero-order chi connectivity index (χ0) is 12.3. The number of carboxylic acids is 1. The molecule has 0 bridgehead atoms. The predicted octanol–water partition coefficient (Wildman–Crippen LogP) is 1.88. The third-order valence-corrected chi connectivity index (χ3v) is 1.95. The minimum Gasteiger partial charge on any atom is -0.477 e. The number of aromatic carboxylic acids is 1. The summed E-state index contributed by atoms with van der Waals surface area (Å²) in [4.78, 5) is 14.8. The standard InChI is InChI=1S/C12H13NO3/c1-5-12(3,4)16-10-6-8(2)13-7-9(10)11(14)15/h1,6-7H,2-4H3,(H,14,15). The fourth-order valence-corrected chi connectivity index (χ4v) is 1.08. The minimum atomic E-state index is -1.09. The Labute approximate surface area is 94.3 Å². The Morgan fingerprint density at radius 1 is 1.62 bits per heavy atom. The molecule has 1 aromatic rings. The van der Waals surface area contributed by atoms with Crippen LogP contribution in [0.15, 0.2) is 12.3 Å². The molecule has 0 aliphatic heterocycles. The van der Waals surface area contributed by atoms with E-state index in [1.54, 1.807) is 26.8 Å². The van der Waals surface area contributed by atoms with Gasteiger partial charge in [0.2, 0.25) is 0 Å². The van der Waals surface area contributed by atoms with Gasteiger partial charge in [0.25, 0.3) is 0 Å². The molecule has 0 spiro atoms. The molecule has 1 rings (SSSR count). The van der Waals surface area contributed by atoms with Crippen LogP contribution in [0.25, 0.3) is 0 Å². The summed E-state index contributed by atoms with van der Waals surface area (Å²) >= 11 is 0. The molecule has 0 amide bonds. The second kappa shape index (κ2) is 4.23. The maximum absolute atomic E-state index is 10.9. The van der Waals surface area contributed by atoms with Gasteiger partial charge in [-0.05, 0) is 20.8 Å². The van der Waals surface area contributed by atoms with Crippen LogP contribution < -0.4 is 4.74 Å². The van der Waals surface area contributed by atoms with Crippen LogP contribution in [0.5, 0.6) is 5.75 Å². The Morgan fingerprint density at radius 2 is 2.25 bits per heavy atom. The topological polar surface area (TPSA) is 59.4 Å². The lowest BCUT2D eigenvalue weighted by molar-refractivity contribution is 0.0686. The van der Waals surface area contributed by atoms with Crippen LogP contribution in [0.2, 0.25) is 0 Å². The molecule has 0 saturated carbocycles. The number of hydrogen-bond acceptors (Lipinski definition) is 3. The monoisotopic (exact) mass is 219 g/mol. The lowest BCUT2D eigenvalue weighted by Crippen LogP contribution is -2.26. The van der Waals surface area contributed by atoms with Gasteiger partial charge in [0.15, 0.2) is 5.60 Å². The molecule has 0 saturated heterocycles. The number of terminal acetylenes is 1. The van der Waals surface area contributed by atoms with Crippen molar-refractivity contribution in [1.82, 2.24) is 4.98 Å². The molecule has 0 fully saturated rings. The van der Waals surface area contributed by atoms with Crippen LogP contribution in [-0.2, 0) is 0 Å². The van der Waals surface area contributed by atoms with Crippen molar-refractivity contribution in [3.63, 3.8) is 0 Å². The van der Waals surface area contributed by atoms with Gasteiger partial charge >= 0.3 is 5.97 Å². The van der Waals surface area contributed by atoms with E-state index in [-0.39, 0.29) is 11.3 Å². The lowest BCUT2D eigenvalue weighted by Gasteiger charge is -2.21. The lowest BCUT2D eigenvalue weighted by atomic mass is 10.1. The number of carboxylic acid groups (broad SMARTS) is 1. The van der Waals surface area contributed by atoms with Crippen LogP contribution in [0, 0.1) is 19.3 Å². The Bertz CT molecular complexity index is 458. The van der Waals surface area contributed by atoms with Gasteiger partial charge in [0, 0.05) is 18.0 Å². The summed E-state index contributed by atoms with van der Waals surface area (Å²) in [5.41, 5.74) is -0.167. The molecular weight excluding hydrogens is 206 g/mol. The summed E-state index contributed by atoms with van der Waals surface area (Å²) in [6.45, 7) is 5.13. The molecule has 84 valence electrons. The Morgan fingerprint density at radius 3 is 2.75 bits per heavy atom. The van der Waals surface area contributed by atoms with Crippen LogP contribution in [0.4, 0.5) is 0 Å². The molecule has 1 aromatic heterocycles. The van der Waals surface area contributed by atoms with Crippen molar-refractivity contribution in [3.8, 4) is 18.1 Å². The average Bonchev–Trinajstić information content (AvgIpc) is 2.16. The molecule has 0 aromatic carbocycles. The highest BCUT2D eigenvalue weighted by molar-refractivity contribution is 5.90. The van der Waals surface area contributed by atoms with E-state index in [1.165, 1.54) is 6.20 Å². The maximum atomic E-state index is 10.9. The van der Waals surface area contributed by atoms with E-state index in [9.17, 15) is 4.79 Å². The molecule has 0 aliphatic carbocycles. The SMILES string of the molecule is C#CC(C)(C)Oc1cc(C)ncc1C(=O)O. The van der Waals surface area contributed by atoms with E-state index in [1.807, 2.05) is 0 Å². The highest BCUT2D eigenvalue weighted by Gasteiger charge is 2.20. The molecule has 4 nitrogen and oxygen atoms in total. The number of ether oxygens (including phenoxy) is 1. The van der Waals surface area contributed by atoms with Crippen molar-refractivity contribution in [2.24, 2.45) is 0 Å². The number of rotatable bonds is 3. The van der Waals surface area contributed by atoms with E-state index in [4.69, 9.17) is 16.3 Å². The van der Waals surface area contributed by atoms with Gasteiger partial charge < -0.3 is 9.84 Å². The number of pyridine rings is 1. The first-order chi connectivity index (χ1) is 7.35. The summed E-state index contributed by atoms with van der Waals surface area (Å²) in [6, 6.07) is 1.56. The number of aromatic nitrogens is 1. The number of hydrogen-bond donors (Lipinski definition) is 1. The third-order valence-electron chi connectivity index (χ3n) is 1.95. The second-order valence-electron chi connectivity index (χ2n) is 3.88. The van der Waals surface area contributed by atoms with E-state index >= 15 is 0 Å². The minimum absolute atomic E-state index is 0.00826. The van der Waals surface area contributed by atoms with Crippen molar-refractivity contribution in [1.29, 1.82) is 0 Å². The van der Waals surface area contributed by atoms with Crippen molar-refractivity contribution >= 4 is 5.97 Å². The zero-order valence-electron chi connectivity index (χ0n) is 9.44. The van der Waals surface area contributed by atoms with Gasteiger partial charge in [-0.2, -0.15) is 0 Å². The van der Waals surface area contributed by atoms with Crippen molar-refractivity contribution in [3.05, 3.63) is 23.5 Å². The van der Waals surface area contributed by atoms with Crippen molar-refractivity contribution in [2.75, 3.05) is 0 Å². The van der Waals surface area contributed by atoms with Gasteiger partial charge in [0.1, 0.15) is 11.3 Å². The molecule has 4 heteroatoms. The van der Waals surface area contributed by atoms with Crippen LogP contribution in [0.1, 0.15) is 29.9 Å². The number of aryl methyl sites for hydroxylation is 1. The van der Waals surface area contributed by atoms with Gasteiger partial charge in [-0.1, -0.05) is 5.92 Å². The highest BCUT2D eigenvalue weighted by Crippen LogP contribution is 2.23. The third kappa shape index (κ3) is 2.74. The van der Waals surface area contributed by atoms with Crippen LogP contribution in [-0.4, -0.2) is 21.7 Å². The summed E-state index contributed by atoms with van der Waals surface area (Å²) in [5.74, 6) is 1.59. The quantitative estimate of drug-likeness (QED) is 0.788. The second-order valence-corrected chi connectivity index (χ2v) is 3.88. The maximum Gasteiger partial charge on any atom is 0.341 e. The van der Waals surface area contributed by atoms with Crippen molar-refractivity contribution in [2.45, 2.75) is 26.4 Å². The Balaban J connectivity index is 3.17. The van der Waals surface area contributed by atoms with Crippen molar-refractivity contribution < 1.29 is 14.6 Å². The van der Waals surface area contributed by atoms with E-state index in [0.717, 1.165) is 0 Å². The van der Waals surface area contributed by atoms with Gasteiger partial charge in [-0.25, -0.2) is 4.79 Å². The van der Waals surface area contributed by atoms with Gasteiger partial charge in [-0.15, -0.1) is 6.42 Å². The number of carbonyl (C=O) groups is 1. The predicted molar refractivity (Wildman–Crippen MR) is 59.5 cm³/mol. The Hall–Kier alpha value is -2.02. The molecule has 16 heavy (non-hydrogen) atoms. The Kier molecular flexibility index (Phi) is 3.19. The highest BCUT2D eigenvalue weighted by atomic mass is 16.5. The largest absolute Gasteiger partial charge is 0.477 e. The summed E-state index contributed by atoms with van der Waals surface area (Å²) in [6.07, 6.45) is 6.54. The molecule has 0 atom stereocenters. The fourth-order valence-electron chi connectivity index (χ4n) is 1.08. The number of nitrogens with zero attached hydrogens (tertiary/aromatic N) is 1. The first-order valence-corrected chi connectivity index (χ1v) is 4.72. The van der Waals surface area contributed by atoms with Crippen LogP contribution >= 0.6 is 0 Å². The van der Waals surface area contributed by atoms with E-state index in [2.05, 4.69) is 10.9 Å². The molecule has 0 unspecified atom stereocenters. The van der Waals surface area contributed by atoms with Gasteiger partial charge in [0.05, 0.1) is 0 Å². The van der Waals surface area contributed by atoms with Gasteiger partial charge in [-0.3, -0.25) is 4.98 Å². The molecular formula is C12H13NO3. The average molecular weight is 219 g/mol. The summed E-state index contributed by atoms with van der Waals surface area (Å²) in [5, 5.41) is 8.95. The normalized spacial score (nSPS) is 10.6. The first kappa shape index (κ1) is 12.1. The van der Waals surface area contributed by atoms with E-state index < -0.39 is 11.6 Å². The molecule has 0 radical (unpaired) electrons. The summed E-state index contributed by atoms with van der Waals surface area (Å²) in [7, 11) is 0. The fraction of sp³-hybridized carbons (Fsp3) is 0.333. The zero-order valence-corrected chi connectivity index (χ0v) is 9.44. The first-order valence-electron chi connectivity index (χ1n) is 4.72. The molecule has 0 aliphatic rings. The molecule has 1 N–H and O–H groups in total. The summed E-state index contributed by atoms with van der Waals surface area (Å²) < 4.78 is 5.47. The smallest absolute Gasteiger partial charge is 0.341 e. The van der Waals surface area contributed by atoms with Crippen LogP contribution in [0.3, 0.4) is 0 Å². The van der Waals surface area contributed by atoms with E-state index in [0.29, 0.717) is 5.69 Å².